The maximum absolute atomic E-state index is 13.1. The Labute approximate surface area is 179 Å². The van der Waals surface area contributed by atoms with Crippen LogP contribution >= 0.6 is 0 Å². The quantitative estimate of drug-likeness (QED) is 0.349. The van der Waals surface area contributed by atoms with E-state index in [2.05, 4.69) is 36.1 Å². The van der Waals surface area contributed by atoms with Crippen molar-refractivity contribution in [2.45, 2.75) is 6.54 Å². The Kier molecular flexibility index (Phi) is 5.00. The van der Waals surface area contributed by atoms with Gasteiger partial charge in [-0.3, -0.25) is 9.89 Å². The van der Waals surface area contributed by atoms with Crippen LogP contribution in [0.3, 0.4) is 0 Å². The summed E-state index contributed by atoms with van der Waals surface area (Å²) in [5.41, 5.74) is 5.10. The van der Waals surface area contributed by atoms with Crippen LogP contribution < -0.4 is 14.9 Å². The monoisotopic (exact) mass is 434 g/mol. The van der Waals surface area contributed by atoms with E-state index in [-0.39, 0.29) is 19.2 Å². The predicted molar refractivity (Wildman–Crippen MR) is 109 cm³/mol. The molecule has 0 atom stereocenters. The molecule has 5 rings (SSSR count). The van der Waals surface area contributed by atoms with E-state index in [4.69, 9.17) is 9.47 Å². The number of nitrogens with zero attached hydrogens (tertiary/aromatic N) is 6. The largest absolute Gasteiger partial charge is 0.454 e. The van der Waals surface area contributed by atoms with Crippen LogP contribution in [0, 0.1) is 5.82 Å². The fraction of sp³-hybridized carbons (Fsp3) is 0.100. The van der Waals surface area contributed by atoms with E-state index in [1.165, 1.54) is 18.3 Å². The first-order valence-corrected chi connectivity index (χ1v) is 9.45. The predicted octanol–water partition coefficient (Wildman–Crippen LogP) is 1.75. The first kappa shape index (κ1) is 19.4. The summed E-state index contributed by atoms with van der Waals surface area (Å²) >= 11 is 0. The van der Waals surface area contributed by atoms with Crippen molar-refractivity contribution in [1.29, 1.82) is 0 Å². The third-order valence-electron chi connectivity index (χ3n) is 4.56. The summed E-state index contributed by atoms with van der Waals surface area (Å²) in [5, 5.41) is 22.8. The molecule has 0 spiro atoms. The lowest BCUT2D eigenvalue weighted by Gasteiger charge is -2.00. The molecule has 1 aliphatic heterocycles. The van der Waals surface area contributed by atoms with Crippen molar-refractivity contribution in [2.24, 2.45) is 5.10 Å². The number of hydrogen-bond donors (Lipinski definition) is 2. The number of hydrogen-bond acceptors (Lipinski definition) is 8. The van der Waals surface area contributed by atoms with Crippen molar-refractivity contribution in [3.63, 3.8) is 0 Å². The number of carbonyl (C=O) groups is 1. The first-order valence-electron chi connectivity index (χ1n) is 9.45. The molecule has 2 aromatic heterocycles. The van der Waals surface area contributed by atoms with Crippen LogP contribution in [0.25, 0.3) is 22.6 Å². The summed E-state index contributed by atoms with van der Waals surface area (Å²) in [7, 11) is 0. The van der Waals surface area contributed by atoms with Gasteiger partial charge in [-0.1, -0.05) is 0 Å². The number of nitrogens with one attached hydrogen (secondary N) is 2. The van der Waals surface area contributed by atoms with Crippen molar-refractivity contribution >= 4 is 12.1 Å². The normalized spacial score (nSPS) is 12.4. The molecule has 1 aliphatic rings. The number of ether oxygens (including phenoxy) is 2. The molecule has 0 fully saturated rings. The lowest BCUT2D eigenvalue weighted by molar-refractivity contribution is -0.122. The standard InChI is InChI=1S/C20H15FN8O3/c21-15-4-1-12(2-5-15)19-14(9-23-25-19)8-22-24-18(30)10-29-27-20(26-28-29)13-3-6-16-17(7-13)32-11-31-16/h1-9H,10-11H2,(H,23,25)(H,24,30). The molecule has 0 radical (unpaired) electrons. The highest BCUT2D eigenvalue weighted by atomic mass is 19.1. The van der Waals surface area contributed by atoms with Crippen molar-refractivity contribution < 1.29 is 18.7 Å². The maximum atomic E-state index is 13.1. The minimum absolute atomic E-state index is 0.170. The fourth-order valence-electron chi connectivity index (χ4n) is 3.04. The lowest BCUT2D eigenvalue weighted by Crippen LogP contribution is -2.24. The van der Waals surface area contributed by atoms with Gasteiger partial charge < -0.3 is 9.47 Å². The van der Waals surface area contributed by atoms with Crippen LogP contribution in [-0.2, 0) is 11.3 Å². The van der Waals surface area contributed by atoms with Gasteiger partial charge in [0.05, 0.1) is 18.1 Å². The Morgan fingerprint density at radius 3 is 2.88 bits per heavy atom. The van der Waals surface area contributed by atoms with Gasteiger partial charge in [0, 0.05) is 16.7 Å². The summed E-state index contributed by atoms with van der Waals surface area (Å²) in [6, 6.07) is 11.2. The smallest absolute Gasteiger partial charge is 0.263 e. The SMILES string of the molecule is O=C(Cn1nnc(-c2ccc3c(c2)OCO3)n1)NN=Cc1cn[nH]c1-c1ccc(F)cc1. The van der Waals surface area contributed by atoms with E-state index >= 15 is 0 Å². The van der Waals surface area contributed by atoms with E-state index in [1.807, 2.05) is 0 Å². The van der Waals surface area contributed by atoms with Gasteiger partial charge in [-0.2, -0.15) is 15.0 Å². The van der Waals surface area contributed by atoms with Gasteiger partial charge in [-0.25, -0.2) is 9.82 Å². The van der Waals surface area contributed by atoms with Crippen molar-refractivity contribution in [1.82, 2.24) is 35.8 Å². The number of aromatic amines is 1. The second-order valence-corrected chi connectivity index (χ2v) is 6.71. The van der Waals surface area contributed by atoms with E-state index < -0.39 is 5.91 Å². The number of H-pyrrole nitrogens is 1. The molecular formula is C20H15FN8O3. The Morgan fingerprint density at radius 2 is 2.00 bits per heavy atom. The summed E-state index contributed by atoms with van der Waals surface area (Å²) in [5.74, 6) is 0.826. The number of halogens is 1. The Balaban J connectivity index is 1.21. The van der Waals surface area contributed by atoms with Gasteiger partial charge in [0.15, 0.2) is 11.5 Å². The van der Waals surface area contributed by atoms with Crippen LogP contribution in [0.5, 0.6) is 11.5 Å². The third-order valence-corrected chi connectivity index (χ3v) is 4.56. The molecule has 2 N–H and O–H groups in total. The Hall–Kier alpha value is -4.61. The van der Waals surface area contributed by atoms with Gasteiger partial charge in [0.2, 0.25) is 12.6 Å². The second kappa shape index (κ2) is 8.26. The molecule has 32 heavy (non-hydrogen) atoms. The molecule has 1 amide bonds. The molecule has 0 saturated heterocycles. The van der Waals surface area contributed by atoms with Gasteiger partial charge in [-0.05, 0) is 47.7 Å². The number of carbonyl (C=O) groups excluding carboxylic acids is 1. The van der Waals surface area contributed by atoms with E-state index in [0.29, 0.717) is 34.1 Å². The fourth-order valence-corrected chi connectivity index (χ4v) is 3.04. The number of fused-ring (bicyclic) bond motifs is 1. The molecule has 2 aromatic carbocycles. The highest BCUT2D eigenvalue weighted by Gasteiger charge is 2.16. The summed E-state index contributed by atoms with van der Waals surface area (Å²) in [4.78, 5) is 13.3. The molecule has 3 heterocycles. The number of benzene rings is 2. The molecule has 0 aliphatic carbocycles. The molecule has 4 aromatic rings. The highest BCUT2D eigenvalue weighted by molar-refractivity contribution is 5.89. The maximum Gasteiger partial charge on any atom is 0.263 e. The van der Waals surface area contributed by atoms with Crippen LogP contribution in [-0.4, -0.2) is 49.3 Å². The molecule has 0 bridgehead atoms. The van der Waals surface area contributed by atoms with Crippen LogP contribution in [0.15, 0.2) is 53.8 Å². The number of hydrazone groups is 1. The van der Waals surface area contributed by atoms with E-state index in [0.717, 1.165) is 10.4 Å². The average molecular weight is 434 g/mol. The van der Waals surface area contributed by atoms with Gasteiger partial charge in [-0.15, -0.1) is 10.2 Å². The van der Waals surface area contributed by atoms with Crippen LogP contribution in [0.1, 0.15) is 5.56 Å². The third kappa shape index (κ3) is 4.01. The molecule has 160 valence electrons. The number of amides is 1. The Morgan fingerprint density at radius 1 is 1.19 bits per heavy atom. The zero-order chi connectivity index (χ0) is 21.9. The van der Waals surface area contributed by atoms with Gasteiger partial charge >= 0.3 is 0 Å². The van der Waals surface area contributed by atoms with Crippen molar-refractivity contribution in [3.05, 3.63) is 60.0 Å². The zero-order valence-electron chi connectivity index (χ0n) is 16.4. The van der Waals surface area contributed by atoms with Crippen LogP contribution in [0.4, 0.5) is 4.39 Å². The van der Waals surface area contributed by atoms with Gasteiger partial charge in [0.25, 0.3) is 5.91 Å². The lowest BCUT2D eigenvalue weighted by atomic mass is 10.1. The summed E-state index contributed by atoms with van der Waals surface area (Å²) in [6.07, 6.45) is 2.98. The number of tetrazole rings is 1. The van der Waals surface area contributed by atoms with E-state index in [9.17, 15) is 9.18 Å². The molecule has 0 saturated carbocycles. The average Bonchev–Trinajstić information content (AvgIpc) is 3.54. The van der Waals surface area contributed by atoms with Crippen molar-refractivity contribution in [2.75, 3.05) is 6.79 Å². The zero-order valence-corrected chi connectivity index (χ0v) is 16.4. The summed E-state index contributed by atoms with van der Waals surface area (Å²) < 4.78 is 23.7. The second-order valence-electron chi connectivity index (χ2n) is 6.71. The van der Waals surface area contributed by atoms with Crippen molar-refractivity contribution in [3.8, 4) is 34.1 Å². The first-order chi connectivity index (χ1) is 15.7. The molecule has 0 unspecified atom stereocenters. The Bertz CT molecular complexity index is 1300. The van der Waals surface area contributed by atoms with Gasteiger partial charge in [0.1, 0.15) is 12.4 Å². The topological polar surface area (TPSA) is 132 Å². The molecular weight excluding hydrogens is 419 g/mol. The highest BCUT2D eigenvalue weighted by Crippen LogP contribution is 2.34. The summed E-state index contributed by atoms with van der Waals surface area (Å²) in [6.45, 7) is -0.00506. The number of rotatable bonds is 6. The minimum atomic E-state index is -0.442. The molecule has 11 nitrogen and oxygen atoms in total. The minimum Gasteiger partial charge on any atom is -0.454 e. The number of aromatic nitrogens is 6. The molecule has 12 heteroatoms. The van der Waals surface area contributed by atoms with E-state index in [1.54, 1.807) is 36.5 Å². The van der Waals surface area contributed by atoms with Crippen LogP contribution in [0.2, 0.25) is 0 Å².